The third-order valence-corrected chi connectivity index (χ3v) is 4.94. The van der Waals surface area contributed by atoms with E-state index in [4.69, 9.17) is 11.6 Å². The van der Waals surface area contributed by atoms with Crippen molar-refractivity contribution in [3.63, 3.8) is 0 Å². The Hall–Kier alpha value is -0.640. The van der Waals surface area contributed by atoms with Gasteiger partial charge in [-0.3, -0.25) is 4.90 Å². The summed E-state index contributed by atoms with van der Waals surface area (Å²) in [6.45, 7) is 5.18. The normalized spacial score (nSPS) is 27.8. The van der Waals surface area contributed by atoms with Gasteiger partial charge < -0.3 is 5.32 Å². The van der Waals surface area contributed by atoms with Crippen LogP contribution in [0.15, 0.2) is 18.2 Å². The molecule has 1 heterocycles. The molecule has 3 rings (SSSR count). The Morgan fingerprint density at radius 1 is 1.40 bits per heavy atom. The number of hydrogen-bond donors (Lipinski definition) is 1. The van der Waals surface area contributed by atoms with Crippen molar-refractivity contribution >= 4 is 11.6 Å². The summed E-state index contributed by atoms with van der Waals surface area (Å²) in [4.78, 5) is 2.54. The number of hydrogen-bond acceptors (Lipinski definition) is 2. The minimum atomic E-state index is -0.260. The molecule has 20 heavy (non-hydrogen) atoms. The summed E-state index contributed by atoms with van der Waals surface area (Å²) in [5.41, 5.74) is 1.04. The van der Waals surface area contributed by atoms with E-state index in [9.17, 15) is 4.39 Å². The van der Waals surface area contributed by atoms with Crippen molar-refractivity contribution < 1.29 is 4.39 Å². The molecule has 1 aromatic carbocycles. The molecule has 2 fully saturated rings. The van der Waals surface area contributed by atoms with Gasteiger partial charge in [0, 0.05) is 36.7 Å². The van der Waals surface area contributed by atoms with Gasteiger partial charge in [-0.05, 0) is 42.9 Å². The molecule has 1 saturated heterocycles. The van der Waals surface area contributed by atoms with E-state index >= 15 is 0 Å². The van der Waals surface area contributed by atoms with E-state index in [1.807, 2.05) is 6.07 Å². The molecule has 2 aliphatic rings. The van der Waals surface area contributed by atoms with E-state index in [2.05, 4.69) is 17.1 Å². The Morgan fingerprint density at radius 3 is 2.85 bits per heavy atom. The third-order valence-electron chi connectivity index (χ3n) is 4.59. The first-order valence-electron chi connectivity index (χ1n) is 7.58. The molecule has 0 amide bonds. The fraction of sp³-hybridized carbons (Fsp3) is 0.625. The highest BCUT2D eigenvalue weighted by Crippen LogP contribution is 2.37. The Balaban J connectivity index is 1.74. The van der Waals surface area contributed by atoms with Crippen LogP contribution in [0.5, 0.6) is 0 Å². The second kappa shape index (κ2) is 6.00. The molecule has 0 radical (unpaired) electrons. The molecule has 1 aromatic rings. The second-order valence-corrected chi connectivity index (χ2v) is 6.49. The van der Waals surface area contributed by atoms with Crippen molar-refractivity contribution in [2.45, 2.75) is 44.8 Å². The van der Waals surface area contributed by atoms with E-state index < -0.39 is 0 Å². The van der Waals surface area contributed by atoms with Gasteiger partial charge in [0.25, 0.3) is 0 Å². The van der Waals surface area contributed by atoms with E-state index in [0.29, 0.717) is 17.1 Å². The number of rotatable bonds is 4. The molecule has 2 nitrogen and oxygen atoms in total. The van der Waals surface area contributed by atoms with Crippen LogP contribution in [-0.4, -0.2) is 30.1 Å². The molecule has 2 unspecified atom stereocenters. The Morgan fingerprint density at radius 2 is 2.20 bits per heavy atom. The summed E-state index contributed by atoms with van der Waals surface area (Å²) in [6.07, 6.45) is 3.83. The molecule has 1 aliphatic carbocycles. The number of piperazine rings is 1. The molecule has 110 valence electrons. The van der Waals surface area contributed by atoms with Crippen molar-refractivity contribution in [1.82, 2.24) is 10.2 Å². The Kier molecular flexibility index (Phi) is 4.29. The smallest absolute Gasteiger partial charge is 0.124 e. The van der Waals surface area contributed by atoms with Crippen LogP contribution >= 0.6 is 11.6 Å². The average molecular weight is 297 g/mol. The quantitative estimate of drug-likeness (QED) is 0.915. The van der Waals surface area contributed by atoms with Crippen molar-refractivity contribution in [2.24, 2.45) is 5.92 Å². The van der Waals surface area contributed by atoms with Crippen LogP contribution in [0, 0.1) is 11.7 Å². The predicted octanol–water partition coefficient (Wildman–Crippen LogP) is 3.44. The van der Waals surface area contributed by atoms with E-state index in [0.717, 1.165) is 37.5 Å². The first-order chi connectivity index (χ1) is 9.67. The first-order valence-corrected chi connectivity index (χ1v) is 7.96. The van der Waals surface area contributed by atoms with Gasteiger partial charge >= 0.3 is 0 Å². The van der Waals surface area contributed by atoms with Gasteiger partial charge in [-0.1, -0.05) is 24.6 Å². The van der Waals surface area contributed by atoms with E-state index in [1.54, 1.807) is 0 Å². The molecule has 1 N–H and O–H groups in total. The lowest BCUT2D eigenvalue weighted by molar-refractivity contribution is 0.106. The van der Waals surface area contributed by atoms with Crippen molar-refractivity contribution in [3.8, 4) is 0 Å². The van der Waals surface area contributed by atoms with Crippen LogP contribution < -0.4 is 5.32 Å². The maximum Gasteiger partial charge on any atom is 0.124 e. The highest BCUT2D eigenvalue weighted by molar-refractivity contribution is 6.31. The lowest BCUT2D eigenvalue weighted by Gasteiger charge is -2.40. The molecule has 1 aliphatic heterocycles. The van der Waals surface area contributed by atoms with Crippen LogP contribution in [0.2, 0.25) is 5.02 Å². The van der Waals surface area contributed by atoms with Gasteiger partial charge in [0.1, 0.15) is 5.82 Å². The van der Waals surface area contributed by atoms with E-state index in [-0.39, 0.29) is 5.82 Å². The molecular weight excluding hydrogens is 275 g/mol. The summed E-state index contributed by atoms with van der Waals surface area (Å²) >= 11 is 6.18. The van der Waals surface area contributed by atoms with Crippen molar-refractivity contribution in [1.29, 1.82) is 0 Å². The second-order valence-electron chi connectivity index (χ2n) is 6.08. The monoisotopic (exact) mass is 296 g/mol. The molecular formula is C16H22ClFN2. The lowest BCUT2D eigenvalue weighted by Crippen LogP contribution is -2.56. The SMILES string of the molecule is CCC1CN(Cc2ccc(F)cc2Cl)C(C2CC2)CN1. The molecule has 0 spiro atoms. The van der Waals surface area contributed by atoms with Crippen LogP contribution in [-0.2, 0) is 6.54 Å². The van der Waals surface area contributed by atoms with Crippen molar-refractivity contribution in [2.75, 3.05) is 13.1 Å². The highest BCUT2D eigenvalue weighted by atomic mass is 35.5. The highest BCUT2D eigenvalue weighted by Gasteiger charge is 2.38. The minimum Gasteiger partial charge on any atom is -0.311 e. The van der Waals surface area contributed by atoms with Crippen LogP contribution in [0.4, 0.5) is 4.39 Å². The molecule has 2 atom stereocenters. The average Bonchev–Trinajstić information content (AvgIpc) is 3.26. The molecule has 1 saturated carbocycles. The van der Waals surface area contributed by atoms with Gasteiger partial charge in [-0.2, -0.15) is 0 Å². The number of nitrogens with one attached hydrogen (secondary N) is 1. The van der Waals surface area contributed by atoms with Gasteiger partial charge in [0.05, 0.1) is 0 Å². The first kappa shape index (κ1) is 14.3. The summed E-state index contributed by atoms with van der Waals surface area (Å²) in [7, 11) is 0. The molecule has 0 bridgehead atoms. The van der Waals surface area contributed by atoms with Gasteiger partial charge in [-0.25, -0.2) is 4.39 Å². The summed E-state index contributed by atoms with van der Waals surface area (Å²) < 4.78 is 13.1. The van der Waals surface area contributed by atoms with Crippen molar-refractivity contribution in [3.05, 3.63) is 34.6 Å². The minimum absolute atomic E-state index is 0.260. The zero-order chi connectivity index (χ0) is 14.1. The summed E-state index contributed by atoms with van der Waals surface area (Å²) in [5.74, 6) is 0.573. The Labute approximate surface area is 125 Å². The summed E-state index contributed by atoms with van der Waals surface area (Å²) in [5, 5.41) is 4.19. The largest absolute Gasteiger partial charge is 0.311 e. The predicted molar refractivity (Wildman–Crippen MR) is 80.4 cm³/mol. The molecule has 4 heteroatoms. The summed E-state index contributed by atoms with van der Waals surface area (Å²) in [6, 6.07) is 5.92. The van der Waals surface area contributed by atoms with Crippen LogP contribution in [0.3, 0.4) is 0 Å². The van der Waals surface area contributed by atoms with E-state index in [1.165, 1.54) is 25.0 Å². The topological polar surface area (TPSA) is 15.3 Å². The maximum atomic E-state index is 13.1. The standard InChI is InChI=1S/C16H22ClFN2/c1-2-14-10-20(16(8-19-14)11-3-4-11)9-12-5-6-13(18)7-15(12)17/h5-7,11,14,16,19H,2-4,8-10H2,1H3. The number of nitrogens with zero attached hydrogens (tertiary/aromatic N) is 1. The fourth-order valence-electron chi connectivity index (χ4n) is 3.17. The van der Waals surface area contributed by atoms with Gasteiger partial charge in [0.15, 0.2) is 0 Å². The number of halogens is 2. The maximum absolute atomic E-state index is 13.1. The fourth-order valence-corrected chi connectivity index (χ4v) is 3.40. The van der Waals surface area contributed by atoms with Gasteiger partial charge in [-0.15, -0.1) is 0 Å². The Bertz CT molecular complexity index is 476. The zero-order valence-electron chi connectivity index (χ0n) is 11.9. The zero-order valence-corrected chi connectivity index (χ0v) is 12.7. The van der Waals surface area contributed by atoms with Crippen LogP contribution in [0.25, 0.3) is 0 Å². The lowest BCUT2D eigenvalue weighted by atomic mass is 10.0. The van der Waals surface area contributed by atoms with Crippen LogP contribution in [0.1, 0.15) is 31.7 Å². The molecule has 0 aromatic heterocycles. The van der Waals surface area contributed by atoms with Gasteiger partial charge in [0.2, 0.25) is 0 Å². The number of benzene rings is 1. The third kappa shape index (κ3) is 3.16.